The summed E-state index contributed by atoms with van der Waals surface area (Å²) < 4.78 is 0. The summed E-state index contributed by atoms with van der Waals surface area (Å²) in [5.74, 6) is -0.309. The van der Waals surface area contributed by atoms with Crippen molar-refractivity contribution in [1.82, 2.24) is 4.90 Å². The van der Waals surface area contributed by atoms with E-state index in [4.69, 9.17) is 11.6 Å². The molecule has 1 aliphatic rings. The minimum Gasteiger partial charge on any atom is -0.338 e. The summed E-state index contributed by atoms with van der Waals surface area (Å²) in [5, 5.41) is 0.583. The van der Waals surface area contributed by atoms with Gasteiger partial charge in [0, 0.05) is 36.8 Å². The quantitative estimate of drug-likeness (QED) is 0.818. The summed E-state index contributed by atoms with van der Waals surface area (Å²) in [7, 11) is 0. The van der Waals surface area contributed by atoms with Crippen LogP contribution in [0.2, 0.25) is 5.02 Å². The number of benzene rings is 2. The molecule has 1 aliphatic heterocycles. The smallest absolute Gasteiger partial charge is 0.228 e. The molecule has 5 heteroatoms. The van der Waals surface area contributed by atoms with Gasteiger partial charge in [0.05, 0.1) is 5.92 Å². The highest BCUT2D eigenvalue weighted by molar-refractivity contribution is 6.31. The fraction of sp³-hybridized carbons (Fsp3) is 0.300. The van der Waals surface area contributed by atoms with Gasteiger partial charge in [0.1, 0.15) is 0 Å². The summed E-state index contributed by atoms with van der Waals surface area (Å²) in [4.78, 5) is 28.7. The van der Waals surface area contributed by atoms with Gasteiger partial charge in [-0.05, 0) is 30.7 Å². The molecule has 0 aromatic heterocycles. The fourth-order valence-corrected chi connectivity index (χ4v) is 3.36. The van der Waals surface area contributed by atoms with Crippen molar-refractivity contribution < 1.29 is 9.59 Å². The minimum atomic E-state index is -0.310. The Labute approximate surface area is 153 Å². The number of hydrogen-bond acceptors (Lipinski definition) is 2. The number of halogens is 1. The van der Waals surface area contributed by atoms with Crippen molar-refractivity contribution >= 4 is 29.1 Å². The van der Waals surface area contributed by atoms with Gasteiger partial charge >= 0.3 is 0 Å². The maximum atomic E-state index is 12.9. The van der Waals surface area contributed by atoms with Crippen molar-refractivity contribution in [2.75, 3.05) is 18.0 Å². The maximum Gasteiger partial charge on any atom is 0.228 e. The molecule has 4 nitrogen and oxygen atoms in total. The molecule has 1 unspecified atom stereocenters. The van der Waals surface area contributed by atoms with Gasteiger partial charge in [-0.15, -0.1) is 0 Å². The predicted octanol–water partition coefficient (Wildman–Crippen LogP) is 3.74. The molecular formula is C20H21ClN2O2. The van der Waals surface area contributed by atoms with Crippen LogP contribution in [0, 0.1) is 5.92 Å². The van der Waals surface area contributed by atoms with Crippen LogP contribution in [0.4, 0.5) is 5.69 Å². The van der Waals surface area contributed by atoms with Crippen LogP contribution in [0.3, 0.4) is 0 Å². The van der Waals surface area contributed by atoms with Crippen molar-refractivity contribution in [1.29, 1.82) is 0 Å². The average molecular weight is 357 g/mol. The molecule has 2 aromatic rings. The second-order valence-corrected chi connectivity index (χ2v) is 6.66. The summed E-state index contributed by atoms with van der Waals surface area (Å²) >= 11 is 6.02. The molecule has 0 radical (unpaired) electrons. The monoisotopic (exact) mass is 356 g/mol. The Morgan fingerprint density at radius 3 is 2.64 bits per heavy atom. The van der Waals surface area contributed by atoms with Crippen LogP contribution in [0.15, 0.2) is 54.6 Å². The molecule has 0 aliphatic carbocycles. The zero-order chi connectivity index (χ0) is 17.8. The molecule has 3 rings (SSSR count). The first-order valence-electron chi connectivity index (χ1n) is 8.47. The molecule has 25 heavy (non-hydrogen) atoms. The summed E-state index contributed by atoms with van der Waals surface area (Å²) in [6.45, 7) is 3.56. The molecule has 2 aromatic carbocycles. The highest BCUT2D eigenvalue weighted by Gasteiger charge is 2.36. The van der Waals surface area contributed by atoms with Crippen LogP contribution in [-0.2, 0) is 16.1 Å². The van der Waals surface area contributed by atoms with Crippen LogP contribution in [0.25, 0.3) is 0 Å². The van der Waals surface area contributed by atoms with E-state index in [0.29, 0.717) is 24.7 Å². The first-order chi connectivity index (χ1) is 12.1. The van der Waals surface area contributed by atoms with E-state index in [1.54, 1.807) is 17.0 Å². The van der Waals surface area contributed by atoms with E-state index in [1.807, 2.05) is 54.3 Å². The predicted molar refractivity (Wildman–Crippen MR) is 99.4 cm³/mol. The topological polar surface area (TPSA) is 40.6 Å². The fourth-order valence-electron chi connectivity index (χ4n) is 3.17. The Morgan fingerprint density at radius 2 is 1.96 bits per heavy atom. The van der Waals surface area contributed by atoms with E-state index < -0.39 is 0 Å². The first-order valence-corrected chi connectivity index (χ1v) is 8.85. The number of anilines is 1. The summed E-state index contributed by atoms with van der Waals surface area (Å²) in [6, 6.07) is 17.1. The Hall–Kier alpha value is -2.33. The molecule has 0 N–H and O–H groups in total. The van der Waals surface area contributed by atoms with E-state index in [0.717, 1.165) is 11.3 Å². The standard InChI is InChI=1S/C20H21ClN2O2/c1-2-22(13-15-7-4-3-5-8-15)20(25)16-11-19(24)23(14-16)18-10-6-9-17(21)12-18/h3-10,12,16H,2,11,13-14H2,1H3. The van der Waals surface area contributed by atoms with E-state index in [1.165, 1.54) is 0 Å². The lowest BCUT2D eigenvalue weighted by Crippen LogP contribution is -2.37. The molecule has 130 valence electrons. The lowest BCUT2D eigenvalue weighted by atomic mass is 10.1. The van der Waals surface area contributed by atoms with Gasteiger partial charge < -0.3 is 9.80 Å². The van der Waals surface area contributed by atoms with Gasteiger partial charge in [0.25, 0.3) is 0 Å². The third-order valence-corrected chi connectivity index (χ3v) is 4.74. The van der Waals surface area contributed by atoms with E-state index in [9.17, 15) is 9.59 Å². The highest BCUT2D eigenvalue weighted by atomic mass is 35.5. The van der Waals surface area contributed by atoms with Gasteiger partial charge in [-0.1, -0.05) is 48.0 Å². The van der Waals surface area contributed by atoms with Crippen molar-refractivity contribution in [3.8, 4) is 0 Å². The Balaban J connectivity index is 1.71. The van der Waals surface area contributed by atoms with E-state index in [-0.39, 0.29) is 24.2 Å². The van der Waals surface area contributed by atoms with Gasteiger partial charge in [-0.3, -0.25) is 9.59 Å². The van der Waals surface area contributed by atoms with Crippen molar-refractivity contribution in [2.24, 2.45) is 5.92 Å². The molecule has 1 saturated heterocycles. The second-order valence-electron chi connectivity index (χ2n) is 6.22. The zero-order valence-electron chi connectivity index (χ0n) is 14.2. The van der Waals surface area contributed by atoms with Crippen LogP contribution < -0.4 is 4.90 Å². The lowest BCUT2D eigenvalue weighted by molar-refractivity contribution is -0.136. The number of carbonyl (C=O) groups is 2. The van der Waals surface area contributed by atoms with E-state index >= 15 is 0 Å². The van der Waals surface area contributed by atoms with Crippen LogP contribution in [0.1, 0.15) is 18.9 Å². The molecule has 1 fully saturated rings. The van der Waals surface area contributed by atoms with Gasteiger partial charge in [-0.25, -0.2) is 0 Å². The highest BCUT2D eigenvalue weighted by Crippen LogP contribution is 2.28. The molecule has 0 saturated carbocycles. The lowest BCUT2D eigenvalue weighted by Gasteiger charge is -2.24. The normalized spacial score (nSPS) is 17.0. The third-order valence-electron chi connectivity index (χ3n) is 4.50. The molecule has 1 heterocycles. The van der Waals surface area contributed by atoms with Crippen molar-refractivity contribution in [3.63, 3.8) is 0 Å². The van der Waals surface area contributed by atoms with Gasteiger partial charge in [0.15, 0.2) is 0 Å². The molecule has 0 spiro atoms. The molecular weight excluding hydrogens is 336 g/mol. The average Bonchev–Trinajstić information content (AvgIpc) is 3.02. The van der Waals surface area contributed by atoms with Gasteiger partial charge in [-0.2, -0.15) is 0 Å². The van der Waals surface area contributed by atoms with Crippen LogP contribution in [0.5, 0.6) is 0 Å². The van der Waals surface area contributed by atoms with Gasteiger partial charge in [0.2, 0.25) is 11.8 Å². The largest absolute Gasteiger partial charge is 0.338 e. The number of carbonyl (C=O) groups excluding carboxylic acids is 2. The second kappa shape index (κ2) is 7.70. The van der Waals surface area contributed by atoms with E-state index in [2.05, 4.69) is 0 Å². The number of nitrogens with zero attached hydrogens (tertiary/aromatic N) is 2. The minimum absolute atomic E-state index is 0.0311. The summed E-state index contributed by atoms with van der Waals surface area (Å²) in [6.07, 6.45) is 0.247. The van der Waals surface area contributed by atoms with Crippen molar-refractivity contribution in [3.05, 3.63) is 65.2 Å². The van der Waals surface area contributed by atoms with Crippen molar-refractivity contribution in [2.45, 2.75) is 19.9 Å². The number of hydrogen-bond donors (Lipinski definition) is 0. The molecule has 0 bridgehead atoms. The Kier molecular flexibility index (Phi) is 5.39. The number of rotatable bonds is 5. The molecule has 2 amide bonds. The zero-order valence-corrected chi connectivity index (χ0v) is 14.9. The molecule has 1 atom stereocenters. The third kappa shape index (κ3) is 4.02. The van der Waals surface area contributed by atoms with Crippen LogP contribution >= 0.6 is 11.6 Å². The maximum absolute atomic E-state index is 12.9. The first kappa shape index (κ1) is 17.5. The Morgan fingerprint density at radius 1 is 1.20 bits per heavy atom. The summed E-state index contributed by atoms with van der Waals surface area (Å²) in [5.41, 5.74) is 1.84. The number of amides is 2. The SMILES string of the molecule is CCN(Cc1ccccc1)C(=O)C1CC(=O)N(c2cccc(Cl)c2)C1. The van der Waals surface area contributed by atoms with Crippen LogP contribution in [-0.4, -0.2) is 29.8 Å². The Bertz CT molecular complexity index is 763.